The molecule has 1 aromatic rings. The quantitative estimate of drug-likeness (QED) is 0.810. The molecule has 0 bridgehead atoms. The van der Waals surface area contributed by atoms with Crippen molar-refractivity contribution in [3.63, 3.8) is 0 Å². The minimum Gasteiger partial charge on any atom is -0.310 e. The average Bonchev–Trinajstić information content (AvgIpc) is 2.29. The van der Waals surface area contributed by atoms with Crippen molar-refractivity contribution in [2.24, 2.45) is 0 Å². The molecule has 18 heavy (non-hydrogen) atoms. The molecule has 2 rings (SSSR count). The van der Waals surface area contributed by atoms with Gasteiger partial charge < -0.3 is 5.32 Å². The Bertz CT molecular complexity index is 398. The summed E-state index contributed by atoms with van der Waals surface area (Å²) in [6.07, 6.45) is -1.15. The lowest BCUT2D eigenvalue weighted by Crippen LogP contribution is -2.27. The van der Waals surface area contributed by atoms with Crippen LogP contribution in [0.4, 0.5) is 13.2 Å². The van der Waals surface area contributed by atoms with Crippen LogP contribution >= 0.6 is 12.4 Å². The van der Waals surface area contributed by atoms with Crippen LogP contribution in [-0.4, -0.2) is 6.54 Å². The second-order valence-corrected chi connectivity index (χ2v) is 4.52. The van der Waals surface area contributed by atoms with Crippen molar-refractivity contribution in [3.05, 3.63) is 34.9 Å². The van der Waals surface area contributed by atoms with Crippen LogP contribution in [0.5, 0.6) is 0 Å². The van der Waals surface area contributed by atoms with E-state index in [1.54, 1.807) is 13.0 Å². The second kappa shape index (κ2) is 5.93. The summed E-state index contributed by atoms with van der Waals surface area (Å²) in [4.78, 5) is 0. The summed E-state index contributed by atoms with van der Waals surface area (Å²) in [5.74, 6) is 0. The van der Waals surface area contributed by atoms with Gasteiger partial charge in [-0.1, -0.05) is 18.6 Å². The lowest BCUT2D eigenvalue weighted by atomic mass is 9.91. The molecule has 1 nitrogen and oxygen atoms in total. The van der Waals surface area contributed by atoms with E-state index in [4.69, 9.17) is 0 Å². The molecular formula is C13H17ClF3N. The zero-order valence-electron chi connectivity index (χ0n) is 10.2. The third-order valence-electron chi connectivity index (χ3n) is 3.37. The summed E-state index contributed by atoms with van der Waals surface area (Å²) in [5.41, 5.74) is 0.640. The number of hydrogen-bond acceptors (Lipinski definition) is 1. The molecule has 102 valence electrons. The van der Waals surface area contributed by atoms with Crippen LogP contribution in [0.3, 0.4) is 0 Å². The highest BCUT2D eigenvalue weighted by Gasteiger charge is 2.33. The average molecular weight is 280 g/mol. The second-order valence-electron chi connectivity index (χ2n) is 4.52. The molecule has 1 aliphatic rings. The van der Waals surface area contributed by atoms with Gasteiger partial charge >= 0.3 is 6.18 Å². The number of halogens is 4. The smallest absolute Gasteiger partial charge is 0.310 e. The fraction of sp³-hybridized carbons (Fsp3) is 0.538. The first kappa shape index (κ1) is 15.3. The molecule has 1 heterocycles. The summed E-state index contributed by atoms with van der Waals surface area (Å²) in [6.45, 7) is 2.45. The van der Waals surface area contributed by atoms with Gasteiger partial charge in [-0.3, -0.25) is 0 Å². The maximum atomic E-state index is 12.8. The number of benzene rings is 1. The van der Waals surface area contributed by atoms with Gasteiger partial charge in [0.2, 0.25) is 0 Å². The fourth-order valence-corrected chi connectivity index (χ4v) is 2.46. The summed E-state index contributed by atoms with van der Waals surface area (Å²) >= 11 is 0. The van der Waals surface area contributed by atoms with Gasteiger partial charge in [-0.15, -0.1) is 12.4 Å². The van der Waals surface area contributed by atoms with Crippen molar-refractivity contribution < 1.29 is 13.2 Å². The standard InChI is InChI=1S/C13H16F3N.ClH/c1-9-10(12-7-2-3-8-17-12)5-4-6-11(9)13(14,15)16;/h4-6,12,17H,2-3,7-8H2,1H3;1H. The molecule has 0 aromatic heterocycles. The highest BCUT2D eigenvalue weighted by atomic mass is 35.5. The topological polar surface area (TPSA) is 12.0 Å². The molecule has 0 spiro atoms. The largest absolute Gasteiger partial charge is 0.416 e. The third kappa shape index (κ3) is 3.18. The SMILES string of the molecule is Cc1c(C2CCCCN2)cccc1C(F)(F)F.Cl. The van der Waals surface area contributed by atoms with Crippen LogP contribution in [0.2, 0.25) is 0 Å². The van der Waals surface area contributed by atoms with E-state index in [-0.39, 0.29) is 18.4 Å². The lowest BCUT2D eigenvalue weighted by molar-refractivity contribution is -0.138. The molecule has 1 saturated heterocycles. The molecule has 1 unspecified atom stereocenters. The Morgan fingerprint density at radius 2 is 1.94 bits per heavy atom. The van der Waals surface area contributed by atoms with Gasteiger partial charge in [-0.25, -0.2) is 0 Å². The molecule has 1 N–H and O–H groups in total. The first-order chi connectivity index (χ1) is 8.00. The molecule has 5 heteroatoms. The van der Waals surface area contributed by atoms with Crippen LogP contribution < -0.4 is 5.32 Å². The molecule has 0 amide bonds. The maximum absolute atomic E-state index is 12.8. The molecule has 0 radical (unpaired) electrons. The molecule has 1 aromatic carbocycles. The van der Waals surface area contributed by atoms with Gasteiger partial charge in [-0.05, 0) is 43.5 Å². The number of piperidine rings is 1. The Hall–Kier alpha value is -0.740. The Kier molecular flexibility index (Phi) is 5.05. The number of alkyl halides is 3. The van der Waals surface area contributed by atoms with Crippen LogP contribution in [0.1, 0.15) is 42.0 Å². The van der Waals surface area contributed by atoms with Gasteiger partial charge in [0.05, 0.1) is 5.56 Å². The summed E-state index contributed by atoms with van der Waals surface area (Å²) < 4.78 is 38.3. The number of hydrogen-bond donors (Lipinski definition) is 1. The molecule has 1 fully saturated rings. The van der Waals surface area contributed by atoms with Crippen molar-refractivity contribution >= 4 is 12.4 Å². The van der Waals surface area contributed by atoms with E-state index in [9.17, 15) is 13.2 Å². The highest BCUT2D eigenvalue weighted by molar-refractivity contribution is 5.85. The minimum absolute atomic E-state index is 0. The Morgan fingerprint density at radius 1 is 1.22 bits per heavy atom. The first-order valence-corrected chi connectivity index (χ1v) is 5.90. The molecule has 0 aliphatic carbocycles. The van der Waals surface area contributed by atoms with Crippen molar-refractivity contribution in [2.45, 2.75) is 38.4 Å². The predicted molar refractivity (Wildman–Crippen MR) is 68.0 cm³/mol. The van der Waals surface area contributed by atoms with Crippen molar-refractivity contribution in [1.82, 2.24) is 5.32 Å². The van der Waals surface area contributed by atoms with Gasteiger partial charge in [0.1, 0.15) is 0 Å². The molecule has 1 aliphatic heterocycles. The van der Waals surface area contributed by atoms with E-state index in [2.05, 4.69) is 5.32 Å². The zero-order chi connectivity index (χ0) is 12.5. The van der Waals surface area contributed by atoms with E-state index in [0.717, 1.165) is 37.4 Å². The minimum atomic E-state index is -4.26. The normalized spacial score (nSPS) is 20.3. The van der Waals surface area contributed by atoms with Gasteiger partial charge in [0, 0.05) is 6.04 Å². The Morgan fingerprint density at radius 3 is 2.50 bits per heavy atom. The van der Waals surface area contributed by atoms with Gasteiger partial charge in [0.15, 0.2) is 0 Å². The van der Waals surface area contributed by atoms with E-state index < -0.39 is 11.7 Å². The lowest BCUT2D eigenvalue weighted by Gasteiger charge is -2.26. The zero-order valence-corrected chi connectivity index (χ0v) is 11.0. The van der Waals surface area contributed by atoms with Gasteiger partial charge in [-0.2, -0.15) is 13.2 Å². The van der Waals surface area contributed by atoms with Crippen LogP contribution in [0.25, 0.3) is 0 Å². The highest BCUT2D eigenvalue weighted by Crippen LogP contribution is 2.35. The first-order valence-electron chi connectivity index (χ1n) is 5.90. The molecule has 0 saturated carbocycles. The van der Waals surface area contributed by atoms with E-state index in [0.29, 0.717) is 5.56 Å². The van der Waals surface area contributed by atoms with Crippen LogP contribution in [0.15, 0.2) is 18.2 Å². The maximum Gasteiger partial charge on any atom is 0.416 e. The van der Waals surface area contributed by atoms with Crippen molar-refractivity contribution in [3.8, 4) is 0 Å². The summed E-state index contributed by atoms with van der Waals surface area (Å²) in [5, 5.41) is 3.29. The van der Waals surface area contributed by atoms with E-state index >= 15 is 0 Å². The summed E-state index contributed by atoms with van der Waals surface area (Å²) in [6, 6.07) is 4.53. The number of nitrogens with one attached hydrogen (secondary N) is 1. The molecular weight excluding hydrogens is 263 g/mol. The number of rotatable bonds is 1. The van der Waals surface area contributed by atoms with Crippen LogP contribution in [-0.2, 0) is 6.18 Å². The predicted octanol–water partition coefficient (Wildman–Crippen LogP) is 4.25. The fourth-order valence-electron chi connectivity index (χ4n) is 2.46. The third-order valence-corrected chi connectivity index (χ3v) is 3.37. The monoisotopic (exact) mass is 279 g/mol. The summed E-state index contributed by atoms with van der Waals surface area (Å²) in [7, 11) is 0. The van der Waals surface area contributed by atoms with E-state index in [1.165, 1.54) is 6.07 Å². The Labute approximate surface area is 111 Å². The van der Waals surface area contributed by atoms with Crippen LogP contribution in [0, 0.1) is 6.92 Å². The molecule has 1 atom stereocenters. The Balaban J connectivity index is 0.00000162. The van der Waals surface area contributed by atoms with Crippen molar-refractivity contribution in [2.75, 3.05) is 6.54 Å². The van der Waals surface area contributed by atoms with Crippen molar-refractivity contribution in [1.29, 1.82) is 0 Å². The van der Waals surface area contributed by atoms with E-state index in [1.807, 2.05) is 0 Å². The van der Waals surface area contributed by atoms with Gasteiger partial charge in [0.25, 0.3) is 0 Å².